The van der Waals surface area contributed by atoms with E-state index < -0.39 is 0 Å². The molecule has 2 rings (SSSR count). The molecule has 1 heterocycles. The normalized spacial score (nSPS) is 19.7. The molecule has 1 aromatic rings. The van der Waals surface area contributed by atoms with Crippen LogP contribution < -0.4 is 10.6 Å². The monoisotopic (exact) mass is 232 g/mol. The summed E-state index contributed by atoms with van der Waals surface area (Å²) in [5.41, 5.74) is 2.87. The number of aryl methyl sites for hydroxylation is 1. The van der Waals surface area contributed by atoms with Gasteiger partial charge in [0.15, 0.2) is 0 Å². The van der Waals surface area contributed by atoms with Crippen molar-refractivity contribution in [1.82, 2.24) is 10.6 Å². The topological polar surface area (TPSA) is 24.1 Å². The molecule has 1 fully saturated rings. The highest BCUT2D eigenvalue weighted by Gasteiger charge is 2.12. The predicted molar refractivity (Wildman–Crippen MR) is 73.4 cm³/mol. The molecule has 0 spiro atoms. The first kappa shape index (κ1) is 12.6. The van der Waals surface area contributed by atoms with Gasteiger partial charge >= 0.3 is 0 Å². The molecule has 1 aromatic carbocycles. The Morgan fingerprint density at radius 1 is 1.24 bits per heavy atom. The van der Waals surface area contributed by atoms with Gasteiger partial charge in [-0.2, -0.15) is 0 Å². The zero-order valence-electron chi connectivity index (χ0n) is 10.8. The van der Waals surface area contributed by atoms with E-state index >= 15 is 0 Å². The van der Waals surface area contributed by atoms with E-state index in [2.05, 4.69) is 41.8 Å². The van der Waals surface area contributed by atoms with Gasteiger partial charge in [0.1, 0.15) is 0 Å². The van der Waals surface area contributed by atoms with Crippen molar-refractivity contribution in [1.29, 1.82) is 0 Å². The minimum atomic E-state index is 0.845. The van der Waals surface area contributed by atoms with E-state index in [1.807, 2.05) is 0 Å². The molecular formula is C15H24N2. The molecule has 17 heavy (non-hydrogen) atoms. The summed E-state index contributed by atoms with van der Waals surface area (Å²) in [4.78, 5) is 0. The molecule has 0 amide bonds. The lowest BCUT2D eigenvalue weighted by Gasteiger charge is -2.10. The summed E-state index contributed by atoms with van der Waals surface area (Å²) in [5.74, 6) is 0.845. The van der Waals surface area contributed by atoms with Crippen LogP contribution >= 0.6 is 0 Å². The highest BCUT2D eigenvalue weighted by atomic mass is 14.9. The SMILES string of the molecule is CCc1ccc(CCNCC2CCNC2)cc1. The number of hydrogen-bond acceptors (Lipinski definition) is 2. The first-order valence-electron chi connectivity index (χ1n) is 6.87. The number of benzene rings is 1. The van der Waals surface area contributed by atoms with Gasteiger partial charge in [0.05, 0.1) is 0 Å². The van der Waals surface area contributed by atoms with Gasteiger partial charge in [-0.05, 0) is 62.5 Å². The van der Waals surface area contributed by atoms with Crippen molar-refractivity contribution in [2.24, 2.45) is 5.92 Å². The first-order valence-corrected chi connectivity index (χ1v) is 6.87. The van der Waals surface area contributed by atoms with Crippen molar-refractivity contribution in [2.45, 2.75) is 26.2 Å². The molecule has 2 nitrogen and oxygen atoms in total. The van der Waals surface area contributed by atoms with Crippen LogP contribution in [0.4, 0.5) is 0 Å². The summed E-state index contributed by atoms with van der Waals surface area (Å²) >= 11 is 0. The largest absolute Gasteiger partial charge is 0.316 e. The first-order chi connectivity index (χ1) is 8.38. The zero-order chi connectivity index (χ0) is 11.9. The average Bonchev–Trinajstić information content (AvgIpc) is 2.88. The van der Waals surface area contributed by atoms with Crippen molar-refractivity contribution >= 4 is 0 Å². The van der Waals surface area contributed by atoms with Gasteiger partial charge in [-0.25, -0.2) is 0 Å². The molecule has 0 saturated carbocycles. The molecule has 1 unspecified atom stereocenters. The van der Waals surface area contributed by atoms with Crippen LogP contribution in [0.25, 0.3) is 0 Å². The lowest BCUT2D eigenvalue weighted by Crippen LogP contribution is -2.26. The van der Waals surface area contributed by atoms with Gasteiger partial charge in [0, 0.05) is 0 Å². The van der Waals surface area contributed by atoms with Crippen LogP contribution in [0, 0.1) is 5.92 Å². The average molecular weight is 232 g/mol. The Morgan fingerprint density at radius 3 is 2.65 bits per heavy atom. The fourth-order valence-corrected chi connectivity index (χ4v) is 2.37. The van der Waals surface area contributed by atoms with Crippen LogP contribution in [0.3, 0.4) is 0 Å². The fourth-order valence-electron chi connectivity index (χ4n) is 2.37. The molecule has 2 N–H and O–H groups in total. The van der Waals surface area contributed by atoms with Gasteiger partial charge < -0.3 is 10.6 Å². The van der Waals surface area contributed by atoms with Crippen molar-refractivity contribution in [3.63, 3.8) is 0 Å². The van der Waals surface area contributed by atoms with Crippen molar-refractivity contribution in [2.75, 3.05) is 26.2 Å². The minimum absolute atomic E-state index is 0.845. The van der Waals surface area contributed by atoms with E-state index in [0.29, 0.717) is 0 Å². The lowest BCUT2D eigenvalue weighted by atomic mass is 10.1. The lowest BCUT2D eigenvalue weighted by molar-refractivity contribution is 0.515. The van der Waals surface area contributed by atoms with Gasteiger partial charge in [-0.3, -0.25) is 0 Å². The molecule has 94 valence electrons. The Balaban J connectivity index is 1.63. The maximum atomic E-state index is 3.56. The minimum Gasteiger partial charge on any atom is -0.316 e. The summed E-state index contributed by atoms with van der Waals surface area (Å²) in [6.45, 7) is 6.86. The molecule has 1 atom stereocenters. The highest BCUT2D eigenvalue weighted by Crippen LogP contribution is 2.07. The number of hydrogen-bond donors (Lipinski definition) is 2. The number of rotatable bonds is 6. The van der Waals surface area contributed by atoms with Crippen LogP contribution in [0.5, 0.6) is 0 Å². The second kappa shape index (κ2) is 6.77. The van der Waals surface area contributed by atoms with Crippen LogP contribution in [0.1, 0.15) is 24.5 Å². The van der Waals surface area contributed by atoms with E-state index in [1.54, 1.807) is 0 Å². The second-order valence-electron chi connectivity index (χ2n) is 4.98. The molecular weight excluding hydrogens is 208 g/mol. The van der Waals surface area contributed by atoms with E-state index in [-0.39, 0.29) is 0 Å². The Kier molecular flexibility index (Phi) is 5.02. The number of nitrogens with one attached hydrogen (secondary N) is 2. The van der Waals surface area contributed by atoms with Gasteiger partial charge in [0.2, 0.25) is 0 Å². The van der Waals surface area contributed by atoms with Gasteiger partial charge in [-0.15, -0.1) is 0 Å². The standard InChI is InChI=1S/C15H24N2/c1-2-13-3-5-14(6-4-13)7-9-16-11-15-8-10-17-12-15/h3-6,15-17H,2,7-12H2,1H3. The van der Waals surface area contributed by atoms with Crippen LogP contribution in [-0.4, -0.2) is 26.2 Å². The predicted octanol–water partition coefficient (Wildman–Crippen LogP) is 1.99. The van der Waals surface area contributed by atoms with Crippen LogP contribution in [-0.2, 0) is 12.8 Å². The second-order valence-corrected chi connectivity index (χ2v) is 4.98. The third-order valence-electron chi connectivity index (χ3n) is 3.62. The smallest absolute Gasteiger partial charge is 0.000777 e. The molecule has 1 aliphatic heterocycles. The van der Waals surface area contributed by atoms with Crippen molar-refractivity contribution in [3.05, 3.63) is 35.4 Å². The van der Waals surface area contributed by atoms with Crippen molar-refractivity contribution in [3.8, 4) is 0 Å². The van der Waals surface area contributed by atoms with E-state index in [9.17, 15) is 0 Å². The quantitative estimate of drug-likeness (QED) is 0.733. The Hall–Kier alpha value is -0.860. The third-order valence-corrected chi connectivity index (χ3v) is 3.62. The molecule has 0 radical (unpaired) electrons. The summed E-state index contributed by atoms with van der Waals surface area (Å²) < 4.78 is 0. The van der Waals surface area contributed by atoms with Gasteiger partial charge in [-0.1, -0.05) is 31.2 Å². The fraction of sp³-hybridized carbons (Fsp3) is 0.600. The Bertz CT molecular complexity index is 312. The summed E-state index contributed by atoms with van der Waals surface area (Å²) in [6.07, 6.45) is 3.61. The van der Waals surface area contributed by atoms with Crippen LogP contribution in [0.2, 0.25) is 0 Å². The summed E-state index contributed by atoms with van der Waals surface area (Å²) in [5, 5.41) is 6.97. The molecule has 0 aliphatic carbocycles. The van der Waals surface area contributed by atoms with E-state index in [0.717, 1.165) is 25.3 Å². The maximum absolute atomic E-state index is 3.56. The Morgan fingerprint density at radius 2 is 2.00 bits per heavy atom. The Labute approximate surface area is 105 Å². The summed E-state index contributed by atoms with van der Waals surface area (Å²) in [6, 6.07) is 9.02. The molecule has 2 heteroatoms. The molecule has 1 saturated heterocycles. The summed E-state index contributed by atoms with van der Waals surface area (Å²) in [7, 11) is 0. The van der Waals surface area contributed by atoms with Gasteiger partial charge in [0.25, 0.3) is 0 Å². The molecule has 0 bridgehead atoms. The van der Waals surface area contributed by atoms with E-state index in [1.165, 1.54) is 37.2 Å². The third kappa shape index (κ3) is 4.14. The maximum Gasteiger partial charge on any atom is -0.000777 e. The van der Waals surface area contributed by atoms with Crippen LogP contribution in [0.15, 0.2) is 24.3 Å². The van der Waals surface area contributed by atoms with E-state index in [4.69, 9.17) is 0 Å². The van der Waals surface area contributed by atoms with Crippen molar-refractivity contribution < 1.29 is 0 Å². The molecule has 0 aromatic heterocycles. The zero-order valence-corrected chi connectivity index (χ0v) is 10.8. The molecule has 1 aliphatic rings. The highest BCUT2D eigenvalue weighted by molar-refractivity contribution is 5.22.